The van der Waals surface area contributed by atoms with Crippen molar-refractivity contribution in [2.75, 3.05) is 5.73 Å². The third-order valence-electron chi connectivity index (χ3n) is 2.05. The monoisotopic (exact) mass is 191 g/mol. The molecular formula is C9H13N5. The maximum Gasteiger partial charge on any atom is 0.141 e. The van der Waals surface area contributed by atoms with Gasteiger partial charge in [0.05, 0.1) is 12.7 Å². The van der Waals surface area contributed by atoms with E-state index in [2.05, 4.69) is 14.5 Å². The van der Waals surface area contributed by atoms with E-state index in [0.29, 0.717) is 5.82 Å². The summed E-state index contributed by atoms with van der Waals surface area (Å²) in [5.74, 6) is 0.577. The molecule has 0 aromatic carbocycles. The molecule has 2 aromatic heterocycles. The van der Waals surface area contributed by atoms with Crippen molar-refractivity contribution in [2.45, 2.75) is 19.5 Å². The number of hydrogen-bond donors (Lipinski definition) is 1. The predicted octanol–water partition coefficient (Wildman–Crippen LogP) is 0.752. The number of nitrogen functional groups attached to an aromatic ring is 1. The van der Waals surface area contributed by atoms with Gasteiger partial charge >= 0.3 is 0 Å². The van der Waals surface area contributed by atoms with E-state index in [1.807, 2.05) is 23.3 Å². The maximum atomic E-state index is 5.50. The van der Waals surface area contributed by atoms with Gasteiger partial charge < -0.3 is 14.9 Å². The van der Waals surface area contributed by atoms with Crippen LogP contribution in [0, 0.1) is 0 Å². The Balaban J connectivity index is 1.78. The zero-order valence-corrected chi connectivity index (χ0v) is 7.87. The molecule has 0 unspecified atom stereocenters. The Bertz CT molecular complexity index is 376. The number of nitrogens with zero attached hydrogens (tertiary/aromatic N) is 4. The minimum absolute atomic E-state index is 0.577. The molecule has 2 rings (SSSR count). The SMILES string of the molecule is Nc1cn(CCCn2ccnc2)cn1. The van der Waals surface area contributed by atoms with Crippen LogP contribution < -0.4 is 5.73 Å². The normalized spacial score (nSPS) is 10.6. The molecule has 2 aromatic rings. The highest BCUT2D eigenvalue weighted by atomic mass is 15.1. The summed E-state index contributed by atoms with van der Waals surface area (Å²) in [5, 5.41) is 0. The third kappa shape index (κ3) is 2.12. The van der Waals surface area contributed by atoms with Gasteiger partial charge in [0.2, 0.25) is 0 Å². The number of rotatable bonds is 4. The van der Waals surface area contributed by atoms with Gasteiger partial charge in [0.1, 0.15) is 5.82 Å². The molecule has 2 N–H and O–H groups in total. The van der Waals surface area contributed by atoms with Gasteiger partial charge in [-0.1, -0.05) is 0 Å². The van der Waals surface area contributed by atoms with Crippen LogP contribution in [0.15, 0.2) is 31.2 Å². The molecular weight excluding hydrogens is 178 g/mol. The first-order valence-corrected chi connectivity index (χ1v) is 4.57. The molecule has 0 radical (unpaired) electrons. The molecule has 0 saturated carbocycles. The van der Waals surface area contributed by atoms with Crippen molar-refractivity contribution < 1.29 is 0 Å². The molecule has 0 aliphatic rings. The van der Waals surface area contributed by atoms with E-state index in [1.165, 1.54) is 0 Å². The molecule has 0 aliphatic carbocycles. The first kappa shape index (κ1) is 8.80. The quantitative estimate of drug-likeness (QED) is 0.775. The number of aromatic nitrogens is 4. The fourth-order valence-corrected chi connectivity index (χ4v) is 1.35. The lowest BCUT2D eigenvalue weighted by Gasteiger charge is -2.02. The van der Waals surface area contributed by atoms with Crippen LogP contribution >= 0.6 is 0 Å². The summed E-state index contributed by atoms with van der Waals surface area (Å²) in [6.45, 7) is 1.90. The van der Waals surface area contributed by atoms with Crippen LogP contribution in [0.4, 0.5) is 5.82 Å². The Labute approximate surface area is 82.2 Å². The number of anilines is 1. The lowest BCUT2D eigenvalue weighted by molar-refractivity contribution is 0.563. The highest BCUT2D eigenvalue weighted by Gasteiger charge is 1.94. The summed E-state index contributed by atoms with van der Waals surface area (Å²) in [6.07, 6.45) is 10.2. The largest absolute Gasteiger partial charge is 0.382 e. The smallest absolute Gasteiger partial charge is 0.141 e. The third-order valence-corrected chi connectivity index (χ3v) is 2.05. The van der Waals surface area contributed by atoms with E-state index in [1.54, 1.807) is 12.5 Å². The maximum absolute atomic E-state index is 5.50. The second-order valence-electron chi connectivity index (χ2n) is 3.19. The van der Waals surface area contributed by atoms with Gasteiger partial charge in [0.25, 0.3) is 0 Å². The molecule has 0 amide bonds. The van der Waals surface area contributed by atoms with E-state index in [4.69, 9.17) is 5.73 Å². The van der Waals surface area contributed by atoms with Gasteiger partial charge in [-0.25, -0.2) is 9.97 Å². The number of imidazole rings is 2. The molecule has 0 bridgehead atoms. The average Bonchev–Trinajstić information content (AvgIpc) is 2.77. The summed E-state index contributed by atoms with van der Waals surface area (Å²) in [7, 11) is 0. The molecule has 14 heavy (non-hydrogen) atoms. The molecule has 5 nitrogen and oxygen atoms in total. The molecule has 0 aliphatic heterocycles. The van der Waals surface area contributed by atoms with E-state index >= 15 is 0 Å². The summed E-state index contributed by atoms with van der Waals surface area (Å²) in [6, 6.07) is 0. The Morgan fingerprint density at radius 2 is 2.07 bits per heavy atom. The molecule has 74 valence electrons. The highest BCUT2D eigenvalue weighted by molar-refractivity contribution is 5.22. The first-order chi connectivity index (χ1) is 6.84. The average molecular weight is 191 g/mol. The Kier molecular flexibility index (Phi) is 2.48. The summed E-state index contributed by atoms with van der Waals surface area (Å²) >= 11 is 0. The fraction of sp³-hybridized carbons (Fsp3) is 0.333. The van der Waals surface area contributed by atoms with Crippen molar-refractivity contribution >= 4 is 5.82 Å². The van der Waals surface area contributed by atoms with Crippen LogP contribution in [0.1, 0.15) is 6.42 Å². The number of nitrogens with two attached hydrogens (primary N) is 1. The molecule has 0 saturated heterocycles. The Hall–Kier alpha value is -1.78. The van der Waals surface area contributed by atoms with E-state index in [0.717, 1.165) is 19.5 Å². The van der Waals surface area contributed by atoms with Gasteiger partial charge in [-0.2, -0.15) is 0 Å². The lowest BCUT2D eigenvalue weighted by Crippen LogP contribution is -2.00. The van der Waals surface area contributed by atoms with Crippen LogP contribution in [0.3, 0.4) is 0 Å². The van der Waals surface area contributed by atoms with Crippen molar-refractivity contribution in [1.29, 1.82) is 0 Å². The summed E-state index contributed by atoms with van der Waals surface area (Å²) in [5.41, 5.74) is 5.50. The van der Waals surface area contributed by atoms with Crippen molar-refractivity contribution in [3.63, 3.8) is 0 Å². The molecule has 0 fully saturated rings. The van der Waals surface area contributed by atoms with Crippen molar-refractivity contribution in [1.82, 2.24) is 19.1 Å². The number of aryl methyl sites for hydroxylation is 2. The summed E-state index contributed by atoms with van der Waals surface area (Å²) < 4.78 is 4.05. The lowest BCUT2D eigenvalue weighted by atomic mass is 10.4. The topological polar surface area (TPSA) is 61.7 Å². The standard InChI is InChI=1S/C9H13N5/c10-9-6-14(8-12-9)4-1-3-13-5-2-11-7-13/h2,5-8H,1,3-4,10H2. The Morgan fingerprint density at radius 1 is 1.21 bits per heavy atom. The second kappa shape index (κ2) is 3.95. The van der Waals surface area contributed by atoms with E-state index in [9.17, 15) is 0 Å². The Morgan fingerprint density at radius 3 is 2.71 bits per heavy atom. The van der Waals surface area contributed by atoms with Gasteiger partial charge in [0, 0.05) is 31.7 Å². The molecule has 2 heterocycles. The number of hydrogen-bond acceptors (Lipinski definition) is 3. The zero-order chi connectivity index (χ0) is 9.80. The van der Waals surface area contributed by atoms with Crippen molar-refractivity contribution in [3.05, 3.63) is 31.2 Å². The molecule has 0 atom stereocenters. The van der Waals surface area contributed by atoms with Gasteiger partial charge in [-0.05, 0) is 6.42 Å². The van der Waals surface area contributed by atoms with Crippen LogP contribution in [0.2, 0.25) is 0 Å². The van der Waals surface area contributed by atoms with Crippen LogP contribution in [0.25, 0.3) is 0 Å². The molecule has 5 heteroatoms. The highest BCUT2D eigenvalue weighted by Crippen LogP contribution is 1.99. The van der Waals surface area contributed by atoms with Crippen molar-refractivity contribution in [2.24, 2.45) is 0 Å². The minimum atomic E-state index is 0.577. The summed E-state index contributed by atoms with van der Waals surface area (Å²) in [4.78, 5) is 7.93. The minimum Gasteiger partial charge on any atom is -0.382 e. The van der Waals surface area contributed by atoms with E-state index < -0.39 is 0 Å². The van der Waals surface area contributed by atoms with Crippen LogP contribution in [-0.2, 0) is 13.1 Å². The van der Waals surface area contributed by atoms with Gasteiger partial charge in [0.15, 0.2) is 0 Å². The van der Waals surface area contributed by atoms with Gasteiger partial charge in [-0.3, -0.25) is 0 Å². The van der Waals surface area contributed by atoms with Crippen LogP contribution in [0.5, 0.6) is 0 Å². The van der Waals surface area contributed by atoms with Crippen LogP contribution in [-0.4, -0.2) is 19.1 Å². The molecule has 0 spiro atoms. The van der Waals surface area contributed by atoms with Gasteiger partial charge in [-0.15, -0.1) is 0 Å². The zero-order valence-electron chi connectivity index (χ0n) is 7.87. The predicted molar refractivity (Wildman–Crippen MR) is 53.5 cm³/mol. The van der Waals surface area contributed by atoms with E-state index in [-0.39, 0.29) is 0 Å². The second-order valence-corrected chi connectivity index (χ2v) is 3.19. The fourth-order valence-electron chi connectivity index (χ4n) is 1.35. The van der Waals surface area contributed by atoms with Crippen molar-refractivity contribution in [3.8, 4) is 0 Å². The first-order valence-electron chi connectivity index (χ1n) is 4.57.